The molecular weight excluding hydrogens is 348 g/mol. The molecule has 9 nitrogen and oxygen atoms in total. The number of imidazole rings is 1. The molecule has 9 heteroatoms. The number of amides is 1. The van der Waals surface area contributed by atoms with Gasteiger partial charge in [0.2, 0.25) is 11.9 Å². The average Bonchev–Trinajstić information content (AvgIpc) is 3.16. The first kappa shape index (κ1) is 17.8. The number of carbonyl (C=O) groups is 1. The summed E-state index contributed by atoms with van der Waals surface area (Å²) >= 11 is 0. The van der Waals surface area contributed by atoms with Gasteiger partial charge in [0, 0.05) is 46.2 Å². The lowest BCUT2D eigenvalue weighted by molar-refractivity contribution is -0.136. The Morgan fingerprint density at radius 3 is 2.33 bits per heavy atom. The molecule has 2 aromatic heterocycles. The summed E-state index contributed by atoms with van der Waals surface area (Å²) in [5.74, 6) is 1.05. The van der Waals surface area contributed by atoms with Crippen LogP contribution >= 0.6 is 0 Å². The molecule has 0 aromatic carbocycles. The van der Waals surface area contributed by atoms with Crippen LogP contribution in [0.4, 0.5) is 5.95 Å². The van der Waals surface area contributed by atoms with Crippen LogP contribution in [-0.2, 0) is 18.9 Å². The SMILES string of the molecule is Cn1c(=O)c2[nH]c(N3CCN(C(=O)C4CCCCC4)CC3)nc2n(C)c1=O. The zero-order chi connectivity index (χ0) is 19.1. The van der Waals surface area contributed by atoms with E-state index < -0.39 is 5.69 Å². The Morgan fingerprint density at radius 2 is 1.67 bits per heavy atom. The third-order valence-corrected chi connectivity index (χ3v) is 5.93. The Balaban J connectivity index is 1.51. The number of piperazine rings is 1. The van der Waals surface area contributed by atoms with E-state index in [1.54, 1.807) is 7.05 Å². The Morgan fingerprint density at radius 1 is 1.00 bits per heavy atom. The van der Waals surface area contributed by atoms with Crippen LogP contribution in [0.3, 0.4) is 0 Å². The highest BCUT2D eigenvalue weighted by molar-refractivity contribution is 5.79. The number of H-pyrrole nitrogens is 1. The maximum Gasteiger partial charge on any atom is 0.332 e. The largest absolute Gasteiger partial charge is 0.339 e. The molecule has 2 fully saturated rings. The van der Waals surface area contributed by atoms with E-state index in [0.29, 0.717) is 43.3 Å². The van der Waals surface area contributed by atoms with Crippen LogP contribution in [0.5, 0.6) is 0 Å². The summed E-state index contributed by atoms with van der Waals surface area (Å²) in [5, 5.41) is 0. The van der Waals surface area contributed by atoms with Crippen LogP contribution < -0.4 is 16.1 Å². The van der Waals surface area contributed by atoms with Crippen LogP contribution in [0.25, 0.3) is 11.2 Å². The van der Waals surface area contributed by atoms with Gasteiger partial charge < -0.3 is 14.8 Å². The highest BCUT2D eigenvalue weighted by atomic mass is 16.2. The second-order valence-corrected chi connectivity index (χ2v) is 7.61. The lowest BCUT2D eigenvalue weighted by Gasteiger charge is -2.37. The van der Waals surface area contributed by atoms with Crippen molar-refractivity contribution < 1.29 is 4.79 Å². The van der Waals surface area contributed by atoms with Gasteiger partial charge in [0.15, 0.2) is 11.2 Å². The van der Waals surface area contributed by atoms with Crippen molar-refractivity contribution in [2.24, 2.45) is 20.0 Å². The van der Waals surface area contributed by atoms with E-state index in [-0.39, 0.29) is 17.4 Å². The predicted molar refractivity (Wildman–Crippen MR) is 102 cm³/mol. The predicted octanol–water partition coefficient (Wildman–Crippen LogP) is 0.189. The molecule has 0 atom stereocenters. The highest BCUT2D eigenvalue weighted by Crippen LogP contribution is 2.26. The Kier molecular flexibility index (Phi) is 4.53. The van der Waals surface area contributed by atoms with Gasteiger partial charge in [0.1, 0.15) is 0 Å². The summed E-state index contributed by atoms with van der Waals surface area (Å²) in [4.78, 5) is 48.6. The zero-order valence-electron chi connectivity index (χ0n) is 15.9. The minimum absolute atomic E-state index is 0.189. The van der Waals surface area contributed by atoms with Crippen molar-refractivity contribution in [1.82, 2.24) is 24.0 Å². The number of hydrogen-bond acceptors (Lipinski definition) is 5. The van der Waals surface area contributed by atoms with Gasteiger partial charge in [-0.05, 0) is 12.8 Å². The first-order valence-electron chi connectivity index (χ1n) is 9.67. The number of aryl methyl sites for hydroxylation is 1. The van der Waals surface area contributed by atoms with Gasteiger partial charge >= 0.3 is 5.69 Å². The molecule has 27 heavy (non-hydrogen) atoms. The van der Waals surface area contributed by atoms with Crippen LogP contribution in [0.15, 0.2) is 9.59 Å². The van der Waals surface area contributed by atoms with E-state index in [0.717, 1.165) is 30.3 Å². The molecule has 2 aromatic rings. The van der Waals surface area contributed by atoms with Gasteiger partial charge in [-0.25, -0.2) is 4.79 Å². The fraction of sp³-hybridized carbons (Fsp3) is 0.667. The minimum Gasteiger partial charge on any atom is -0.339 e. The smallest absolute Gasteiger partial charge is 0.332 e. The number of nitrogens with zero attached hydrogens (tertiary/aromatic N) is 5. The first-order chi connectivity index (χ1) is 13.0. The monoisotopic (exact) mass is 374 g/mol. The molecule has 0 bridgehead atoms. The number of nitrogens with one attached hydrogen (secondary N) is 1. The second kappa shape index (κ2) is 6.86. The number of rotatable bonds is 2. The highest BCUT2D eigenvalue weighted by Gasteiger charge is 2.29. The standard InChI is InChI=1S/C18H26N6O3/c1-21-14-13(16(26)22(2)18(21)27)19-17(20-14)24-10-8-23(9-11-24)15(25)12-6-4-3-5-7-12/h12H,3-11H2,1-2H3,(H,19,20). The second-order valence-electron chi connectivity index (χ2n) is 7.61. The normalized spacial score (nSPS) is 19.0. The van der Waals surface area contributed by atoms with E-state index in [2.05, 4.69) is 9.97 Å². The number of fused-ring (bicyclic) bond motifs is 1. The Hall–Kier alpha value is -2.58. The third-order valence-electron chi connectivity index (χ3n) is 5.93. The fourth-order valence-corrected chi connectivity index (χ4v) is 4.21. The third kappa shape index (κ3) is 3.04. The number of aromatic nitrogens is 4. The van der Waals surface area contributed by atoms with Crippen molar-refractivity contribution in [3.8, 4) is 0 Å². The van der Waals surface area contributed by atoms with Gasteiger partial charge in [-0.3, -0.25) is 18.7 Å². The summed E-state index contributed by atoms with van der Waals surface area (Å²) in [5.41, 5.74) is -0.0828. The van der Waals surface area contributed by atoms with Crippen molar-refractivity contribution in [3.05, 3.63) is 20.8 Å². The van der Waals surface area contributed by atoms with Crippen molar-refractivity contribution in [2.45, 2.75) is 32.1 Å². The van der Waals surface area contributed by atoms with Gasteiger partial charge in [0.25, 0.3) is 5.56 Å². The lowest BCUT2D eigenvalue weighted by atomic mass is 9.88. The molecule has 1 saturated heterocycles. The van der Waals surface area contributed by atoms with E-state index in [4.69, 9.17) is 0 Å². The van der Waals surface area contributed by atoms with E-state index in [1.807, 2.05) is 9.80 Å². The Labute approximate surface area is 156 Å². The summed E-state index contributed by atoms with van der Waals surface area (Å²) in [6, 6.07) is 0. The number of carbonyl (C=O) groups excluding carboxylic acids is 1. The van der Waals surface area contributed by atoms with Gasteiger partial charge in [0.05, 0.1) is 0 Å². The maximum atomic E-state index is 12.7. The number of anilines is 1. The molecule has 1 saturated carbocycles. The summed E-state index contributed by atoms with van der Waals surface area (Å²) in [6.45, 7) is 2.63. The quantitative estimate of drug-likeness (QED) is 0.809. The molecule has 1 N–H and O–H groups in total. The van der Waals surface area contributed by atoms with Crippen molar-refractivity contribution in [2.75, 3.05) is 31.1 Å². The van der Waals surface area contributed by atoms with E-state index in [1.165, 1.54) is 18.0 Å². The van der Waals surface area contributed by atoms with Crippen molar-refractivity contribution in [3.63, 3.8) is 0 Å². The average molecular weight is 374 g/mol. The topological polar surface area (TPSA) is 96.2 Å². The number of hydrogen-bond donors (Lipinski definition) is 1. The number of aromatic amines is 1. The Bertz CT molecular complexity index is 973. The lowest BCUT2D eigenvalue weighted by Crippen LogP contribution is -2.50. The van der Waals surface area contributed by atoms with Crippen molar-refractivity contribution >= 4 is 23.0 Å². The van der Waals surface area contributed by atoms with Gasteiger partial charge in [-0.2, -0.15) is 4.98 Å². The molecule has 2 aliphatic rings. The van der Waals surface area contributed by atoms with Crippen molar-refractivity contribution in [1.29, 1.82) is 0 Å². The molecule has 1 aliphatic carbocycles. The molecule has 146 valence electrons. The molecule has 0 radical (unpaired) electrons. The fourth-order valence-electron chi connectivity index (χ4n) is 4.21. The van der Waals surface area contributed by atoms with Crippen LogP contribution in [-0.4, -0.2) is 56.1 Å². The van der Waals surface area contributed by atoms with Crippen LogP contribution in [0.2, 0.25) is 0 Å². The zero-order valence-corrected chi connectivity index (χ0v) is 15.9. The summed E-state index contributed by atoms with van der Waals surface area (Å²) in [7, 11) is 3.07. The first-order valence-corrected chi connectivity index (χ1v) is 9.67. The molecule has 1 amide bonds. The van der Waals surface area contributed by atoms with Gasteiger partial charge in [-0.1, -0.05) is 19.3 Å². The van der Waals surface area contributed by atoms with Gasteiger partial charge in [-0.15, -0.1) is 0 Å². The summed E-state index contributed by atoms with van der Waals surface area (Å²) in [6.07, 6.45) is 5.58. The summed E-state index contributed by atoms with van der Waals surface area (Å²) < 4.78 is 2.45. The molecule has 4 rings (SSSR count). The van der Waals surface area contributed by atoms with Crippen LogP contribution in [0, 0.1) is 5.92 Å². The van der Waals surface area contributed by atoms with E-state index >= 15 is 0 Å². The van der Waals surface area contributed by atoms with Crippen LogP contribution in [0.1, 0.15) is 32.1 Å². The molecular formula is C18H26N6O3. The molecule has 1 aliphatic heterocycles. The minimum atomic E-state index is -0.395. The van der Waals surface area contributed by atoms with E-state index in [9.17, 15) is 14.4 Å². The molecule has 0 spiro atoms. The maximum absolute atomic E-state index is 12.7. The molecule has 0 unspecified atom stereocenters. The molecule has 3 heterocycles.